The zero-order valence-corrected chi connectivity index (χ0v) is 12.8. The molecule has 0 aliphatic rings. The Morgan fingerprint density at radius 1 is 1.16 bits per heavy atom. The fourth-order valence-electron chi connectivity index (χ4n) is 1.82. The van der Waals surface area contributed by atoms with Crippen molar-refractivity contribution in [1.82, 2.24) is 5.32 Å². The average molecular weight is 320 g/mol. The second-order valence-electron chi connectivity index (χ2n) is 4.46. The highest BCUT2D eigenvalue weighted by Gasteiger charge is 2.04. The van der Waals surface area contributed by atoms with Gasteiger partial charge in [-0.25, -0.2) is 0 Å². The van der Waals surface area contributed by atoms with Crippen LogP contribution in [0.2, 0.25) is 0 Å². The van der Waals surface area contributed by atoms with E-state index >= 15 is 0 Å². The van der Waals surface area contributed by atoms with Crippen molar-refractivity contribution in [3.05, 3.63) is 64.1 Å². The van der Waals surface area contributed by atoms with Crippen LogP contribution < -0.4 is 10.1 Å². The number of hydrogen-bond acceptors (Lipinski definition) is 2. The molecule has 2 rings (SSSR count). The van der Waals surface area contributed by atoms with Crippen molar-refractivity contribution < 1.29 is 4.74 Å². The molecular formula is C16H18BrNO. The first-order chi connectivity index (χ1) is 9.20. The van der Waals surface area contributed by atoms with Gasteiger partial charge in [0.2, 0.25) is 0 Å². The van der Waals surface area contributed by atoms with Gasteiger partial charge >= 0.3 is 0 Å². The quantitative estimate of drug-likeness (QED) is 0.886. The van der Waals surface area contributed by atoms with Crippen LogP contribution in [-0.2, 0) is 6.61 Å². The van der Waals surface area contributed by atoms with Crippen molar-refractivity contribution in [2.45, 2.75) is 19.6 Å². The van der Waals surface area contributed by atoms with Crippen LogP contribution in [0.15, 0.2) is 53.0 Å². The Balaban J connectivity index is 2.06. The summed E-state index contributed by atoms with van der Waals surface area (Å²) in [6, 6.07) is 16.6. The topological polar surface area (TPSA) is 21.3 Å². The summed E-state index contributed by atoms with van der Waals surface area (Å²) in [6.45, 7) is 2.70. The normalized spacial score (nSPS) is 12.2. The molecule has 1 atom stereocenters. The summed E-state index contributed by atoms with van der Waals surface area (Å²) in [7, 11) is 1.96. The molecule has 0 spiro atoms. The van der Waals surface area contributed by atoms with Crippen molar-refractivity contribution in [2.24, 2.45) is 0 Å². The first-order valence-corrected chi connectivity index (χ1v) is 7.13. The largest absolute Gasteiger partial charge is 0.489 e. The third kappa shape index (κ3) is 3.82. The van der Waals surface area contributed by atoms with Crippen LogP contribution in [0.1, 0.15) is 24.1 Å². The smallest absolute Gasteiger partial charge is 0.120 e. The Labute approximate surface area is 122 Å². The van der Waals surface area contributed by atoms with Gasteiger partial charge in [0, 0.05) is 16.1 Å². The predicted octanol–water partition coefficient (Wildman–Crippen LogP) is 4.31. The monoisotopic (exact) mass is 319 g/mol. The first-order valence-electron chi connectivity index (χ1n) is 6.34. The molecule has 0 saturated carbocycles. The highest BCUT2D eigenvalue weighted by Crippen LogP contribution is 2.22. The molecule has 0 fully saturated rings. The molecule has 0 aliphatic heterocycles. The average Bonchev–Trinajstić information content (AvgIpc) is 2.46. The predicted molar refractivity (Wildman–Crippen MR) is 82.4 cm³/mol. The lowest BCUT2D eigenvalue weighted by molar-refractivity contribution is 0.305. The number of hydrogen-bond donors (Lipinski definition) is 1. The Kier molecular flexibility index (Phi) is 5.00. The molecule has 0 heterocycles. The van der Waals surface area contributed by atoms with E-state index in [2.05, 4.69) is 46.4 Å². The Hall–Kier alpha value is -1.32. The van der Waals surface area contributed by atoms with Gasteiger partial charge in [0.15, 0.2) is 0 Å². The van der Waals surface area contributed by atoms with Crippen LogP contribution in [-0.4, -0.2) is 7.05 Å². The first kappa shape index (κ1) is 14.1. The minimum atomic E-state index is 0.326. The summed E-state index contributed by atoms with van der Waals surface area (Å²) in [5.41, 5.74) is 2.38. The van der Waals surface area contributed by atoms with Gasteiger partial charge in [0.25, 0.3) is 0 Å². The van der Waals surface area contributed by atoms with Crippen LogP contribution in [0.25, 0.3) is 0 Å². The highest BCUT2D eigenvalue weighted by molar-refractivity contribution is 9.10. The standard InChI is InChI=1S/C16H18BrNO/c1-12(18-2)13-7-5-8-15(10-13)19-11-14-6-3-4-9-16(14)17/h3-10,12,18H,11H2,1-2H3. The van der Waals surface area contributed by atoms with Gasteiger partial charge in [-0.05, 0) is 37.7 Å². The second-order valence-corrected chi connectivity index (χ2v) is 5.32. The van der Waals surface area contributed by atoms with E-state index in [0.717, 1.165) is 15.8 Å². The Morgan fingerprint density at radius 3 is 2.68 bits per heavy atom. The number of ether oxygens (including phenoxy) is 1. The zero-order chi connectivity index (χ0) is 13.7. The lowest BCUT2D eigenvalue weighted by Gasteiger charge is -2.13. The van der Waals surface area contributed by atoms with E-state index in [1.165, 1.54) is 5.56 Å². The third-order valence-electron chi connectivity index (χ3n) is 3.14. The molecule has 0 aromatic heterocycles. The van der Waals surface area contributed by atoms with Crippen LogP contribution in [0.3, 0.4) is 0 Å². The van der Waals surface area contributed by atoms with Gasteiger partial charge in [0.1, 0.15) is 12.4 Å². The molecule has 2 aromatic carbocycles. The van der Waals surface area contributed by atoms with E-state index in [1.54, 1.807) is 0 Å². The molecule has 100 valence electrons. The van der Waals surface area contributed by atoms with E-state index in [9.17, 15) is 0 Å². The van der Waals surface area contributed by atoms with Gasteiger partial charge in [-0.2, -0.15) is 0 Å². The van der Waals surface area contributed by atoms with E-state index in [-0.39, 0.29) is 0 Å². The van der Waals surface area contributed by atoms with Gasteiger partial charge in [-0.3, -0.25) is 0 Å². The van der Waals surface area contributed by atoms with E-state index < -0.39 is 0 Å². The number of nitrogens with one attached hydrogen (secondary N) is 1. The van der Waals surface area contributed by atoms with Gasteiger partial charge in [-0.1, -0.05) is 46.3 Å². The molecular weight excluding hydrogens is 302 g/mol. The van der Waals surface area contributed by atoms with Crippen molar-refractivity contribution in [3.8, 4) is 5.75 Å². The molecule has 0 radical (unpaired) electrons. The van der Waals surface area contributed by atoms with Crippen molar-refractivity contribution >= 4 is 15.9 Å². The molecule has 1 unspecified atom stereocenters. The molecule has 2 nitrogen and oxygen atoms in total. The SMILES string of the molecule is CNC(C)c1cccc(OCc2ccccc2Br)c1. The fraction of sp³-hybridized carbons (Fsp3) is 0.250. The van der Waals surface area contributed by atoms with Crippen molar-refractivity contribution in [2.75, 3.05) is 7.05 Å². The molecule has 0 saturated heterocycles. The minimum absolute atomic E-state index is 0.326. The number of halogens is 1. The second kappa shape index (κ2) is 6.73. The maximum absolute atomic E-state index is 5.85. The molecule has 0 bridgehead atoms. The van der Waals surface area contributed by atoms with Crippen LogP contribution in [0.4, 0.5) is 0 Å². The summed E-state index contributed by atoms with van der Waals surface area (Å²) in [4.78, 5) is 0. The van der Waals surface area contributed by atoms with E-state index in [0.29, 0.717) is 12.6 Å². The summed E-state index contributed by atoms with van der Waals surface area (Å²) >= 11 is 3.53. The minimum Gasteiger partial charge on any atom is -0.489 e. The van der Waals surface area contributed by atoms with Crippen molar-refractivity contribution in [1.29, 1.82) is 0 Å². The molecule has 19 heavy (non-hydrogen) atoms. The molecule has 3 heteroatoms. The maximum atomic E-state index is 5.85. The molecule has 2 aromatic rings. The van der Waals surface area contributed by atoms with Gasteiger partial charge in [0.05, 0.1) is 0 Å². The number of benzene rings is 2. The van der Waals surface area contributed by atoms with Crippen LogP contribution >= 0.6 is 15.9 Å². The zero-order valence-electron chi connectivity index (χ0n) is 11.2. The summed E-state index contributed by atoms with van der Waals surface area (Å²) < 4.78 is 6.93. The van der Waals surface area contributed by atoms with Crippen molar-refractivity contribution in [3.63, 3.8) is 0 Å². The van der Waals surface area contributed by atoms with E-state index in [1.807, 2.05) is 37.4 Å². The lowest BCUT2D eigenvalue weighted by atomic mass is 10.1. The summed E-state index contributed by atoms with van der Waals surface area (Å²) in [5.74, 6) is 0.898. The fourth-order valence-corrected chi connectivity index (χ4v) is 2.22. The number of rotatable bonds is 5. The maximum Gasteiger partial charge on any atom is 0.120 e. The van der Waals surface area contributed by atoms with Crippen LogP contribution in [0.5, 0.6) is 5.75 Å². The highest BCUT2D eigenvalue weighted by atomic mass is 79.9. The van der Waals surface area contributed by atoms with Crippen LogP contribution in [0, 0.1) is 0 Å². The van der Waals surface area contributed by atoms with E-state index in [4.69, 9.17) is 4.74 Å². The van der Waals surface area contributed by atoms with Gasteiger partial charge in [-0.15, -0.1) is 0 Å². The Bertz CT molecular complexity index is 542. The van der Waals surface area contributed by atoms with Gasteiger partial charge < -0.3 is 10.1 Å². The third-order valence-corrected chi connectivity index (χ3v) is 3.92. The molecule has 1 N–H and O–H groups in total. The summed E-state index contributed by atoms with van der Waals surface area (Å²) in [6.07, 6.45) is 0. The molecule has 0 aliphatic carbocycles. The summed E-state index contributed by atoms with van der Waals surface area (Å²) in [5, 5.41) is 3.23. The molecule has 0 amide bonds. The lowest BCUT2D eigenvalue weighted by Crippen LogP contribution is -2.12. The Morgan fingerprint density at radius 2 is 1.95 bits per heavy atom.